The van der Waals surface area contributed by atoms with Crippen LogP contribution in [-0.4, -0.2) is 51.8 Å². The number of hydrogen-bond donors (Lipinski definition) is 3. The van der Waals surface area contributed by atoms with Gasteiger partial charge in [0.15, 0.2) is 0 Å². The highest BCUT2D eigenvalue weighted by atomic mass is 16.6. The SMILES string of the molecule is CNc1nc(C)cc(N2CCc3c(c(C)nn3CC34CCC(NC(=O)OC5(C)CC5)(CC3)CC4)C2)c1C=N. The van der Waals surface area contributed by atoms with Gasteiger partial charge in [-0.2, -0.15) is 5.10 Å². The van der Waals surface area contributed by atoms with E-state index in [0.717, 1.165) is 106 Å². The van der Waals surface area contributed by atoms with Crippen LogP contribution in [0.15, 0.2) is 6.07 Å². The molecule has 0 radical (unpaired) electrons. The summed E-state index contributed by atoms with van der Waals surface area (Å²) in [5.41, 5.74) is 6.58. The molecule has 0 atom stereocenters. The summed E-state index contributed by atoms with van der Waals surface area (Å²) >= 11 is 0. The minimum atomic E-state index is -0.229. The molecule has 4 saturated carbocycles. The number of hydrogen-bond acceptors (Lipinski definition) is 7. The third kappa shape index (κ3) is 4.43. The summed E-state index contributed by atoms with van der Waals surface area (Å²) in [7, 11) is 1.86. The second kappa shape index (κ2) is 8.99. The first kappa shape index (κ1) is 25.2. The number of aryl methyl sites for hydroxylation is 2. The summed E-state index contributed by atoms with van der Waals surface area (Å²) in [6, 6.07) is 2.09. The first-order valence-electron chi connectivity index (χ1n) is 14.2. The van der Waals surface area contributed by atoms with Crippen molar-refractivity contribution >= 4 is 23.8 Å². The Morgan fingerprint density at radius 1 is 1.16 bits per heavy atom. The van der Waals surface area contributed by atoms with Crippen molar-refractivity contribution in [1.29, 1.82) is 5.41 Å². The molecule has 0 saturated heterocycles. The van der Waals surface area contributed by atoms with Crippen molar-refractivity contribution in [2.24, 2.45) is 5.41 Å². The second-order valence-electron chi connectivity index (χ2n) is 12.5. The van der Waals surface area contributed by atoms with Crippen molar-refractivity contribution in [3.05, 3.63) is 34.3 Å². The highest BCUT2D eigenvalue weighted by Crippen LogP contribution is 2.53. The summed E-state index contributed by atoms with van der Waals surface area (Å²) in [6.07, 6.45) is 10.5. The Balaban J connectivity index is 1.15. The van der Waals surface area contributed by atoms with E-state index >= 15 is 0 Å². The summed E-state index contributed by atoms with van der Waals surface area (Å²) in [5.74, 6) is 0.752. The number of ether oxygens (including phenoxy) is 1. The Labute approximate surface area is 225 Å². The van der Waals surface area contributed by atoms with Gasteiger partial charge in [0.1, 0.15) is 11.4 Å². The van der Waals surface area contributed by atoms with E-state index in [1.165, 1.54) is 17.5 Å². The van der Waals surface area contributed by atoms with Crippen molar-refractivity contribution in [3.8, 4) is 0 Å². The molecule has 7 rings (SSSR count). The van der Waals surface area contributed by atoms with E-state index in [9.17, 15) is 4.79 Å². The van der Waals surface area contributed by atoms with Crippen LogP contribution in [0.1, 0.15) is 86.5 Å². The predicted molar refractivity (Wildman–Crippen MR) is 148 cm³/mol. The molecule has 38 heavy (non-hydrogen) atoms. The second-order valence-corrected chi connectivity index (χ2v) is 12.5. The minimum absolute atomic E-state index is 0.0918. The molecule has 4 fully saturated rings. The molecule has 0 aromatic carbocycles. The van der Waals surface area contributed by atoms with Gasteiger partial charge in [-0.05, 0) is 83.6 Å². The maximum atomic E-state index is 12.5. The number of nitrogens with one attached hydrogen (secondary N) is 3. The van der Waals surface area contributed by atoms with Crippen molar-refractivity contribution in [3.63, 3.8) is 0 Å². The molecule has 1 amide bonds. The van der Waals surface area contributed by atoms with Crippen LogP contribution in [-0.2, 0) is 24.2 Å². The molecule has 5 aliphatic rings. The van der Waals surface area contributed by atoms with Gasteiger partial charge in [-0.15, -0.1) is 0 Å². The van der Waals surface area contributed by atoms with Crippen LogP contribution in [0.3, 0.4) is 0 Å². The van der Waals surface area contributed by atoms with Gasteiger partial charge in [-0.3, -0.25) is 4.68 Å². The fraction of sp³-hybridized carbons (Fsp3) is 0.655. The molecule has 2 aromatic rings. The molecule has 0 spiro atoms. The average Bonchev–Trinajstić information content (AvgIpc) is 3.55. The van der Waals surface area contributed by atoms with E-state index in [-0.39, 0.29) is 22.6 Å². The van der Waals surface area contributed by atoms with Crippen molar-refractivity contribution in [2.45, 2.75) is 103 Å². The van der Waals surface area contributed by atoms with Crippen LogP contribution in [0.2, 0.25) is 0 Å². The third-order valence-corrected chi connectivity index (χ3v) is 9.77. The van der Waals surface area contributed by atoms with Gasteiger partial charge < -0.3 is 25.7 Å². The van der Waals surface area contributed by atoms with Crippen LogP contribution < -0.4 is 15.5 Å². The number of carbonyl (C=O) groups is 1. The molecule has 204 valence electrons. The zero-order valence-electron chi connectivity index (χ0n) is 23.2. The first-order chi connectivity index (χ1) is 18.2. The quantitative estimate of drug-likeness (QED) is 0.451. The zero-order valence-corrected chi connectivity index (χ0v) is 23.2. The van der Waals surface area contributed by atoms with Gasteiger partial charge in [0, 0.05) is 61.8 Å². The Bertz CT molecular complexity index is 1250. The van der Waals surface area contributed by atoms with Gasteiger partial charge in [0.2, 0.25) is 0 Å². The van der Waals surface area contributed by atoms with Gasteiger partial charge >= 0.3 is 6.09 Å². The number of alkyl carbamates (subject to hydrolysis) is 1. The van der Waals surface area contributed by atoms with Crippen molar-refractivity contribution in [1.82, 2.24) is 20.1 Å². The average molecular weight is 520 g/mol. The molecule has 9 nitrogen and oxygen atoms in total. The lowest BCUT2D eigenvalue weighted by Crippen LogP contribution is -2.57. The van der Waals surface area contributed by atoms with Crippen LogP contribution >= 0.6 is 0 Å². The molecule has 2 aromatic heterocycles. The number of anilines is 2. The van der Waals surface area contributed by atoms with Crippen molar-refractivity contribution < 1.29 is 9.53 Å². The lowest BCUT2D eigenvalue weighted by Gasteiger charge is -2.53. The number of aromatic nitrogens is 3. The number of nitrogens with zero attached hydrogens (tertiary/aromatic N) is 4. The highest BCUT2D eigenvalue weighted by Gasteiger charge is 2.51. The summed E-state index contributed by atoms with van der Waals surface area (Å²) in [4.78, 5) is 19.5. The van der Waals surface area contributed by atoms with E-state index in [1.807, 2.05) is 20.9 Å². The van der Waals surface area contributed by atoms with Gasteiger partial charge in [-0.25, -0.2) is 9.78 Å². The highest BCUT2D eigenvalue weighted by molar-refractivity contribution is 5.92. The smallest absolute Gasteiger partial charge is 0.408 e. The number of amides is 1. The molecular formula is C29H41N7O2. The maximum Gasteiger partial charge on any atom is 0.408 e. The lowest BCUT2D eigenvalue weighted by atomic mass is 9.57. The molecule has 9 heteroatoms. The summed E-state index contributed by atoms with van der Waals surface area (Å²) in [6.45, 7) is 8.82. The zero-order chi connectivity index (χ0) is 26.7. The van der Waals surface area contributed by atoms with Gasteiger partial charge in [-0.1, -0.05) is 0 Å². The molecular weight excluding hydrogens is 478 g/mol. The van der Waals surface area contributed by atoms with Crippen LogP contribution in [0, 0.1) is 24.7 Å². The molecule has 2 bridgehead atoms. The Hall–Kier alpha value is -3.10. The molecule has 0 unspecified atom stereocenters. The van der Waals surface area contributed by atoms with E-state index in [0.29, 0.717) is 0 Å². The maximum absolute atomic E-state index is 12.5. The third-order valence-electron chi connectivity index (χ3n) is 9.77. The van der Waals surface area contributed by atoms with E-state index in [4.69, 9.17) is 15.2 Å². The van der Waals surface area contributed by atoms with E-state index in [2.05, 4.69) is 38.2 Å². The van der Waals surface area contributed by atoms with Gasteiger partial charge in [0.05, 0.1) is 16.9 Å². The number of carbonyl (C=O) groups excluding carboxylic acids is 1. The number of rotatable bonds is 7. The van der Waals surface area contributed by atoms with E-state index < -0.39 is 0 Å². The van der Waals surface area contributed by atoms with Crippen LogP contribution in [0.4, 0.5) is 16.3 Å². The normalized spacial score (nSPS) is 27.0. The minimum Gasteiger partial charge on any atom is -0.443 e. The predicted octanol–water partition coefficient (Wildman–Crippen LogP) is 4.87. The summed E-state index contributed by atoms with van der Waals surface area (Å²) < 4.78 is 7.98. The number of pyridine rings is 1. The molecule has 4 aliphatic carbocycles. The fourth-order valence-electron chi connectivity index (χ4n) is 7.01. The Morgan fingerprint density at radius 3 is 2.50 bits per heavy atom. The van der Waals surface area contributed by atoms with Gasteiger partial charge in [0.25, 0.3) is 0 Å². The standard InChI is InChI=1S/C29H41N7O2/c1-19-15-24(21(16-30)25(31-4)32-19)35-14-5-23-22(17-35)20(2)34-36(23)18-28-8-11-29(12-9-28,13-10-28)33-26(37)38-27(3)6-7-27/h15-16,30H,5-14,17-18H2,1-4H3,(H,31,32)(H,33,37). The monoisotopic (exact) mass is 519 g/mol. The first-order valence-corrected chi connectivity index (χ1v) is 14.2. The fourth-order valence-corrected chi connectivity index (χ4v) is 7.01. The lowest BCUT2D eigenvalue weighted by molar-refractivity contribution is 0.00157. The van der Waals surface area contributed by atoms with Crippen molar-refractivity contribution in [2.75, 3.05) is 23.8 Å². The Kier molecular flexibility index (Phi) is 5.96. The van der Waals surface area contributed by atoms with Crippen LogP contribution in [0.5, 0.6) is 0 Å². The molecule has 3 heterocycles. The summed E-state index contributed by atoms with van der Waals surface area (Å²) in [5, 5.41) is 19.5. The molecule has 3 N–H and O–H groups in total. The topological polar surface area (TPSA) is 108 Å². The number of fused-ring (bicyclic) bond motifs is 4. The Morgan fingerprint density at radius 2 is 1.87 bits per heavy atom. The largest absolute Gasteiger partial charge is 0.443 e. The molecule has 1 aliphatic heterocycles. The van der Waals surface area contributed by atoms with Crippen LogP contribution in [0.25, 0.3) is 0 Å². The van der Waals surface area contributed by atoms with E-state index in [1.54, 1.807) is 0 Å².